The molecule has 0 heterocycles. The van der Waals surface area contributed by atoms with Crippen LogP contribution in [0, 0.1) is 0 Å². The average molecular weight is 263 g/mol. The van der Waals surface area contributed by atoms with Gasteiger partial charge in [0, 0.05) is 46.6 Å². The fraction of sp³-hybridized carbons (Fsp3) is 1.00. The van der Waals surface area contributed by atoms with Crippen LogP contribution in [0.4, 0.5) is 0 Å². The second kappa shape index (κ2) is 33.0. The van der Waals surface area contributed by atoms with E-state index in [1.807, 2.05) is 0 Å². The Morgan fingerprint density at radius 1 is 0.600 bits per heavy atom. The summed E-state index contributed by atoms with van der Waals surface area (Å²) in [6.07, 6.45) is 0. The molecule has 0 saturated carbocycles. The molecule has 0 aliphatic heterocycles. The first-order valence-corrected chi connectivity index (χ1v) is 2.63. The zero-order valence-electron chi connectivity index (χ0n) is 5.86. The fourth-order valence-electron chi connectivity index (χ4n) is 0. The smallest absolute Gasteiger partial charge is 0.00461 e. The zero-order chi connectivity index (χ0) is 6.83. The number of halogens is 1. The molecule has 0 aromatic heterocycles. The first kappa shape index (κ1) is 22.4. The van der Waals surface area contributed by atoms with E-state index in [9.17, 15) is 0 Å². The van der Waals surface area contributed by atoms with Crippen molar-refractivity contribution in [3.05, 3.63) is 0 Å². The van der Waals surface area contributed by atoms with Crippen LogP contribution in [0.5, 0.6) is 0 Å². The summed E-state index contributed by atoms with van der Waals surface area (Å²) < 4.78 is 0. The Hall–Kier alpha value is 0.792. The topological polar surface area (TPSA) is 104 Å². The molecule has 0 atom stereocenters. The molecule has 0 bridgehead atoms. The summed E-state index contributed by atoms with van der Waals surface area (Å²) in [5.74, 6) is 0. The fourth-order valence-corrected chi connectivity index (χ4v) is 0. The summed E-state index contributed by atoms with van der Waals surface area (Å²) in [6.45, 7) is 2.39. The summed E-state index contributed by atoms with van der Waals surface area (Å²) in [7, 11) is 0. The first-order valence-electron chi connectivity index (χ1n) is 2.63. The average Bonchev–Trinajstić information content (AvgIpc) is 1.88. The predicted octanol–water partition coefficient (Wildman–Crippen LogP) is -1.77. The van der Waals surface area contributed by atoms with E-state index in [1.54, 1.807) is 0 Å². The summed E-state index contributed by atoms with van der Waals surface area (Å²) in [6, 6.07) is 0. The Bertz CT molecular complexity index is 25.2. The zero-order valence-corrected chi connectivity index (χ0v) is 8.23. The van der Waals surface area contributed by atoms with Gasteiger partial charge in [-0.25, -0.2) is 0 Å². The van der Waals surface area contributed by atoms with Crippen molar-refractivity contribution in [3.8, 4) is 0 Å². The molecule has 0 amide bonds. The Morgan fingerprint density at radius 2 is 0.700 bits per heavy atom. The van der Waals surface area contributed by atoms with E-state index in [0.717, 1.165) is 0 Å². The van der Waals surface area contributed by atoms with E-state index in [2.05, 4.69) is 0 Å². The van der Waals surface area contributed by atoms with Crippen LogP contribution in [-0.2, 0) is 20.4 Å². The number of hydrogen-bond acceptors (Lipinski definition) is 4. The molecule has 0 aromatic rings. The van der Waals surface area contributed by atoms with Gasteiger partial charge < -0.3 is 22.9 Å². The maximum absolute atomic E-state index is 4.90. The first-order chi connectivity index (χ1) is 3.83. The summed E-state index contributed by atoms with van der Waals surface area (Å²) >= 11 is 0. The van der Waals surface area contributed by atoms with Gasteiger partial charge in [-0.15, -0.1) is 12.4 Å². The molecular weight excluding hydrogens is 246 g/mol. The third kappa shape index (κ3) is 68.5. The molecule has 0 aromatic carbocycles. The minimum atomic E-state index is 0. The van der Waals surface area contributed by atoms with E-state index in [1.165, 1.54) is 0 Å². The van der Waals surface area contributed by atoms with Crippen molar-refractivity contribution in [2.45, 2.75) is 0 Å². The minimum Gasteiger partial charge on any atom is -0.329 e. The van der Waals surface area contributed by atoms with Gasteiger partial charge in [0.25, 0.3) is 0 Å². The maximum atomic E-state index is 4.90. The van der Waals surface area contributed by atoms with Gasteiger partial charge in [-0.1, -0.05) is 0 Å². The van der Waals surface area contributed by atoms with Crippen molar-refractivity contribution in [3.63, 3.8) is 0 Å². The second-order valence-corrected chi connectivity index (χ2v) is 1.15. The van der Waals surface area contributed by atoms with Crippen molar-refractivity contribution in [2.75, 3.05) is 26.2 Å². The molecule has 0 rings (SSSR count). The van der Waals surface area contributed by atoms with Gasteiger partial charge in [0.05, 0.1) is 0 Å². The van der Waals surface area contributed by atoms with Crippen LogP contribution in [0.1, 0.15) is 0 Å². The third-order valence-electron chi connectivity index (χ3n) is 0.333. The van der Waals surface area contributed by atoms with Crippen LogP contribution in [0.15, 0.2) is 0 Å². The van der Waals surface area contributed by atoms with Crippen LogP contribution in [-0.4, -0.2) is 26.2 Å². The molecule has 0 unspecified atom stereocenters. The van der Waals surface area contributed by atoms with Gasteiger partial charge in [-0.05, 0) is 0 Å². The third-order valence-corrected chi connectivity index (χ3v) is 0.333. The molecule has 0 spiro atoms. The molecule has 4 nitrogen and oxygen atoms in total. The standard InChI is InChI=1S/2C2H8N2.ClH.Pd/c2*3-1-2-4;;/h2*1-4H2;1H;. The monoisotopic (exact) mass is 262 g/mol. The van der Waals surface area contributed by atoms with Gasteiger partial charge in [0.15, 0.2) is 0 Å². The van der Waals surface area contributed by atoms with E-state index in [4.69, 9.17) is 22.9 Å². The molecule has 0 radical (unpaired) electrons. The molecule has 8 N–H and O–H groups in total. The van der Waals surface area contributed by atoms with Crippen LogP contribution in [0.3, 0.4) is 0 Å². The molecule has 0 saturated heterocycles. The van der Waals surface area contributed by atoms with Crippen LogP contribution < -0.4 is 22.9 Å². The summed E-state index contributed by atoms with van der Waals surface area (Å²) in [4.78, 5) is 0. The maximum Gasteiger partial charge on any atom is 0.00461 e. The summed E-state index contributed by atoms with van der Waals surface area (Å²) in [5.41, 5.74) is 19.6. The van der Waals surface area contributed by atoms with Crippen LogP contribution >= 0.6 is 12.4 Å². The second-order valence-electron chi connectivity index (χ2n) is 1.15. The van der Waals surface area contributed by atoms with Gasteiger partial charge in [0.2, 0.25) is 0 Å². The van der Waals surface area contributed by atoms with Gasteiger partial charge in [-0.2, -0.15) is 0 Å². The van der Waals surface area contributed by atoms with Gasteiger partial charge in [-0.3, -0.25) is 0 Å². The van der Waals surface area contributed by atoms with Crippen LogP contribution in [0.25, 0.3) is 0 Å². The molecule has 0 fully saturated rings. The SMILES string of the molecule is Cl.NCCN.NCCN.[Pd]. The van der Waals surface area contributed by atoms with E-state index in [-0.39, 0.29) is 32.8 Å². The van der Waals surface area contributed by atoms with Crippen molar-refractivity contribution < 1.29 is 20.4 Å². The van der Waals surface area contributed by atoms with Crippen LogP contribution in [0.2, 0.25) is 0 Å². The van der Waals surface area contributed by atoms with E-state index < -0.39 is 0 Å². The quantitative estimate of drug-likeness (QED) is 0.442. The normalized spacial score (nSPS) is 6.00. The molecule has 0 aliphatic carbocycles. The molecule has 0 aliphatic rings. The Balaban J connectivity index is -0.0000000300. The van der Waals surface area contributed by atoms with Gasteiger partial charge in [0.1, 0.15) is 0 Å². The Morgan fingerprint density at radius 3 is 0.700 bits per heavy atom. The molecule has 70 valence electrons. The van der Waals surface area contributed by atoms with Crippen molar-refractivity contribution in [1.82, 2.24) is 0 Å². The minimum absolute atomic E-state index is 0. The Kier molecular flexibility index (Phi) is 73.9. The Labute approximate surface area is 82.1 Å². The van der Waals surface area contributed by atoms with Crippen molar-refractivity contribution >= 4 is 12.4 Å². The predicted molar refractivity (Wildman–Crippen MR) is 43.5 cm³/mol. The van der Waals surface area contributed by atoms with Crippen molar-refractivity contribution in [1.29, 1.82) is 0 Å². The molecule has 6 heteroatoms. The van der Waals surface area contributed by atoms with E-state index >= 15 is 0 Å². The van der Waals surface area contributed by atoms with Crippen molar-refractivity contribution in [2.24, 2.45) is 22.9 Å². The largest absolute Gasteiger partial charge is 0.329 e. The number of nitrogens with two attached hydrogens (primary N) is 4. The van der Waals surface area contributed by atoms with Gasteiger partial charge >= 0.3 is 0 Å². The van der Waals surface area contributed by atoms with E-state index in [0.29, 0.717) is 26.2 Å². The summed E-state index contributed by atoms with van der Waals surface area (Å²) in [5, 5.41) is 0. The number of rotatable bonds is 2. The molecular formula is C4H17ClN4Pd. The number of hydrogen-bond donors (Lipinski definition) is 4. The molecule has 10 heavy (non-hydrogen) atoms.